The number of halogens is 1. The Morgan fingerprint density at radius 1 is 1.45 bits per heavy atom. The van der Waals surface area contributed by atoms with Gasteiger partial charge in [-0.1, -0.05) is 34.1 Å². The number of hydrogen-bond donors (Lipinski definition) is 1. The summed E-state index contributed by atoms with van der Waals surface area (Å²) in [5.41, 5.74) is 2.03. The SMILES string of the molecule is COC(=O)C(NCc1cccs1)c1ccc(C)cc1Br. The second-order valence-corrected chi connectivity index (χ2v) is 6.33. The van der Waals surface area contributed by atoms with Crippen molar-refractivity contribution in [3.63, 3.8) is 0 Å². The number of aryl methyl sites for hydroxylation is 1. The van der Waals surface area contributed by atoms with E-state index in [2.05, 4.69) is 21.2 Å². The maximum absolute atomic E-state index is 12.0. The largest absolute Gasteiger partial charge is 0.468 e. The summed E-state index contributed by atoms with van der Waals surface area (Å²) < 4.78 is 5.81. The van der Waals surface area contributed by atoms with E-state index in [1.54, 1.807) is 11.3 Å². The molecule has 0 radical (unpaired) electrons. The molecule has 1 aromatic carbocycles. The van der Waals surface area contributed by atoms with Gasteiger partial charge in [0, 0.05) is 15.9 Å². The highest BCUT2D eigenvalue weighted by molar-refractivity contribution is 9.10. The van der Waals surface area contributed by atoms with E-state index in [0.717, 1.165) is 15.6 Å². The van der Waals surface area contributed by atoms with Gasteiger partial charge in [-0.15, -0.1) is 11.3 Å². The minimum Gasteiger partial charge on any atom is -0.468 e. The summed E-state index contributed by atoms with van der Waals surface area (Å²) in [5.74, 6) is -0.286. The lowest BCUT2D eigenvalue weighted by molar-refractivity contribution is -0.143. The van der Waals surface area contributed by atoms with Crippen molar-refractivity contribution in [2.45, 2.75) is 19.5 Å². The minimum absolute atomic E-state index is 0.286. The number of methoxy groups -OCH3 is 1. The van der Waals surface area contributed by atoms with E-state index in [0.29, 0.717) is 6.54 Å². The van der Waals surface area contributed by atoms with Gasteiger partial charge >= 0.3 is 5.97 Å². The molecule has 1 aromatic heterocycles. The molecule has 106 valence electrons. The number of hydrogen-bond acceptors (Lipinski definition) is 4. The lowest BCUT2D eigenvalue weighted by atomic mass is 10.1. The topological polar surface area (TPSA) is 38.3 Å². The van der Waals surface area contributed by atoms with E-state index in [1.165, 1.54) is 12.0 Å². The molecule has 0 spiro atoms. The average Bonchev–Trinajstić information content (AvgIpc) is 2.93. The molecule has 0 saturated carbocycles. The second-order valence-electron chi connectivity index (χ2n) is 4.44. The molecule has 20 heavy (non-hydrogen) atoms. The van der Waals surface area contributed by atoms with Crippen LogP contribution in [-0.2, 0) is 16.1 Å². The quantitative estimate of drug-likeness (QED) is 0.830. The van der Waals surface area contributed by atoms with Crippen LogP contribution in [-0.4, -0.2) is 13.1 Å². The van der Waals surface area contributed by atoms with Crippen molar-refractivity contribution in [3.8, 4) is 0 Å². The van der Waals surface area contributed by atoms with Crippen molar-refractivity contribution in [1.29, 1.82) is 0 Å². The van der Waals surface area contributed by atoms with Gasteiger partial charge in [0.15, 0.2) is 0 Å². The van der Waals surface area contributed by atoms with Crippen LogP contribution >= 0.6 is 27.3 Å². The summed E-state index contributed by atoms with van der Waals surface area (Å²) in [4.78, 5) is 13.2. The standard InChI is InChI=1S/C15H16BrNO2S/c1-10-5-6-12(13(16)8-10)14(15(18)19-2)17-9-11-4-3-7-20-11/h3-8,14,17H,9H2,1-2H3. The van der Waals surface area contributed by atoms with Crippen molar-refractivity contribution in [2.75, 3.05) is 7.11 Å². The number of esters is 1. The Kier molecular flexibility index (Phi) is 5.34. The van der Waals surface area contributed by atoms with Crippen molar-refractivity contribution < 1.29 is 9.53 Å². The number of rotatable bonds is 5. The maximum atomic E-state index is 12.0. The van der Waals surface area contributed by atoms with Gasteiger partial charge in [-0.3, -0.25) is 5.32 Å². The Hall–Kier alpha value is -1.17. The molecule has 2 aromatic rings. The molecular weight excluding hydrogens is 338 g/mol. The maximum Gasteiger partial charge on any atom is 0.327 e. The third-order valence-corrected chi connectivity index (χ3v) is 4.53. The first-order chi connectivity index (χ1) is 9.61. The summed E-state index contributed by atoms with van der Waals surface area (Å²) >= 11 is 5.18. The van der Waals surface area contributed by atoms with Gasteiger partial charge in [-0.05, 0) is 35.6 Å². The molecular formula is C15H16BrNO2S. The number of carbonyl (C=O) groups excluding carboxylic acids is 1. The smallest absolute Gasteiger partial charge is 0.327 e. The predicted molar refractivity (Wildman–Crippen MR) is 84.8 cm³/mol. The molecule has 2 rings (SSSR count). The number of thiophene rings is 1. The third kappa shape index (κ3) is 3.69. The molecule has 5 heteroatoms. The van der Waals surface area contributed by atoms with Crippen LogP contribution in [0.15, 0.2) is 40.2 Å². The van der Waals surface area contributed by atoms with Gasteiger partial charge < -0.3 is 4.74 Å². The fraction of sp³-hybridized carbons (Fsp3) is 0.267. The highest BCUT2D eigenvalue weighted by atomic mass is 79.9. The zero-order chi connectivity index (χ0) is 14.5. The molecule has 1 N–H and O–H groups in total. The molecule has 1 heterocycles. The molecule has 0 saturated heterocycles. The van der Waals surface area contributed by atoms with Gasteiger partial charge in [0.2, 0.25) is 0 Å². The molecule has 1 atom stereocenters. The summed E-state index contributed by atoms with van der Waals surface area (Å²) in [6.45, 7) is 2.65. The molecule has 0 amide bonds. The van der Waals surface area contributed by atoms with Gasteiger partial charge in [0.1, 0.15) is 6.04 Å². The number of ether oxygens (including phenoxy) is 1. The molecule has 0 bridgehead atoms. The minimum atomic E-state index is -0.475. The fourth-order valence-electron chi connectivity index (χ4n) is 1.92. The first kappa shape index (κ1) is 15.2. The molecule has 0 aliphatic heterocycles. The van der Waals surface area contributed by atoms with Crippen LogP contribution in [0.2, 0.25) is 0 Å². The van der Waals surface area contributed by atoms with Crippen LogP contribution in [0.5, 0.6) is 0 Å². The Morgan fingerprint density at radius 2 is 2.25 bits per heavy atom. The molecule has 0 aliphatic carbocycles. The van der Waals surface area contributed by atoms with E-state index in [1.807, 2.05) is 42.6 Å². The average molecular weight is 354 g/mol. The zero-order valence-electron chi connectivity index (χ0n) is 11.4. The van der Waals surface area contributed by atoms with E-state index in [-0.39, 0.29) is 5.97 Å². The number of benzene rings is 1. The van der Waals surface area contributed by atoms with E-state index in [9.17, 15) is 4.79 Å². The van der Waals surface area contributed by atoms with Gasteiger partial charge in [-0.25, -0.2) is 4.79 Å². The monoisotopic (exact) mass is 353 g/mol. The van der Waals surface area contributed by atoms with E-state index < -0.39 is 6.04 Å². The Balaban J connectivity index is 2.20. The van der Waals surface area contributed by atoms with Crippen LogP contribution in [0.3, 0.4) is 0 Å². The number of nitrogens with one attached hydrogen (secondary N) is 1. The van der Waals surface area contributed by atoms with Gasteiger partial charge in [0.25, 0.3) is 0 Å². The summed E-state index contributed by atoms with van der Waals surface area (Å²) in [6, 6.07) is 9.49. The fourth-order valence-corrected chi connectivity index (χ4v) is 3.30. The first-order valence-corrected chi connectivity index (χ1v) is 7.88. The second kappa shape index (κ2) is 7.02. The van der Waals surface area contributed by atoms with Crippen molar-refractivity contribution in [1.82, 2.24) is 5.32 Å². The number of carbonyl (C=O) groups is 1. The van der Waals surface area contributed by atoms with E-state index >= 15 is 0 Å². The van der Waals surface area contributed by atoms with Crippen LogP contribution < -0.4 is 5.32 Å². The third-order valence-electron chi connectivity index (χ3n) is 2.96. The lowest BCUT2D eigenvalue weighted by Crippen LogP contribution is -2.29. The van der Waals surface area contributed by atoms with Gasteiger partial charge in [-0.2, -0.15) is 0 Å². The molecule has 3 nitrogen and oxygen atoms in total. The molecule has 0 fully saturated rings. The molecule has 1 unspecified atom stereocenters. The summed E-state index contributed by atoms with van der Waals surface area (Å²) in [6.07, 6.45) is 0. The van der Waals surface area contributed by atoms with Crippen LogP contribution in [0.4, 0.5) is 0 Å². The zero-order valence-corrected chi connectivity index (χ0v) is 13.8. The predicted octanol–water partition coefficient (Wildman–Crippen LogP) is 3.82. The van der Waals surface area contributed by atoms with Gasteiger partial charge in [0.05, 0.1) is 7.11 Å². The normalized spacial score (nSPS) is 12.2. The van der Waals surface area contributed by atoms with Crippen molar-refractivity contribution in [3.05, 3.63) is 56.2 Å². The lowest BCUT2D eigenvalue weighted by Gasteiger charge is -2.18. The highest BCUT2D eigenvalue weighted by Gasteiger charge is 2.23. The van der Waals surface area contributed by atoms with Crippen LogP contribution in [0.25, 0.3) is 0 Å². The summed E-state index contributed by atoms with van der Waals surface area (Å²) in [7, 11) is 1.41. The Bertz CT molecular complexity index is 584. The Labute approximate surface area is 131 Å². The van der Waals surface area contributed by atoms with Crippen LogP contribution in [0, 0.1) is 6.92 Å². The first-order valence-electron chi connectivity index (χ1n) is 6.21. The van der Waals surface area contributed by atoms with E-state index in [4.69, 9.17) is 4.74 Å². The molecule has 0 aliphatic rings. The van der Waals surface area contributed by atoms with Crippen LogP contribution in [0.1, 0.15) is 22.0 Å². The summed E-state index contributed by atoms with van der Waals surface area (Å²) in [5, 5.41) is 5.28. The highest BCUT2D eigenvalue weighted by Crippen LogP contribution is 2.26. The van der Waals surface area contributed by atoms with Crippen molar-refractivity contribution >= 4 is 33.2 Å². The van der Waals surface area contributed by atoms with Crippen molar-refractivity contribution in [2.24, 2.45) is 0 Å². The Morgan fingerprint density at radius 3 is 2.85 bits per heavy atom.